The van der Waals surface area contributed by atoms with Gasteiger partial charge in [0.1, 0.15) is 5.88 Å². The van der Waals surface area contributed by atoms with Gasteiger partial charge in [0, 0.05) is 6.42 Å². The summed E-state index contributed by atoms with van der Waals surface area (Å²) in [5.41, 5.74) is 6.09. The molecule has 1 amide bonds. The van der Waals surface area contributed by atoms with Crippen molar-refractivity contribution in [3.63, 3.8) is 0 Å². The first-order valence-electron chi connectivity index (χ1n) is 8.89. The molecule has 128 valence electrons. The van der Waals surface area contributed by atoms with Gasteiger partial charge in [-0.3, -0.25) is 4.79 Å². The molecular weight excluding hydrogens is 332 g/mol. The van der Waals surface area contributed by atoms with Gasteiger partial charge in [0.05, 0.1) is 11.8 Å². The average Bonchev–Trinajstić information content (AvgIpc) is 3.13. The number of nitrogens with zero attached hydrogens (tertiary/aromatic N) is 2. The number of carbonyl (C=O) groups is 1. The molecule has 0 radical (unpaired) electrons. The number of aryl methyl sites for hydroxylation is 2. The van der Waals surface area contributed by atoms with Gasteiger partial charge >= 0.3 is 0 Å². The number of amides is 1. The van der Waals surface area contributed by atoms with Gasteiger partial charge in [-0.15, -0.1) is 11.6 Å². The smallest absolute Gasteiger partial charge is 0.258 e. The van der Waals surface area contributed by atoms with Gasteiger partial charge in [0.2, 0.25) is 0 Å². The number of halogens is 1. The second-order valence-corrected chi connectivity index (χ2v) is 7.01. The van der Waals surface area contributed by atoms with Crippen LogP contribution in [0.15, 0.2) is 53.6 Å². The van der Waals surface area contributed by atoms with E-state index in [0.29, 0.717) is 0 Å². The number of hydrogen-bond donors (Lipinski definition) is 0. The van der Waals surface area contributed by atoms with Crippen LogP contribution in [0.4, 0.5) is 0 Å². The zero-order chi connectivity index (χ0) is 17.2. The van der Waals surface area contributed by atoms with Crippen LogP contribution in [0.25, 0.3) is 0 Å². The predicted molar refractivity (Wildman–Crippen MR) is 101 cm³/mol. The quantitative estimate of drug-likeness (QED) is 0.749. The second kappa shape index (κ2) is 7.01. The van der Waals surface area contributed by atoms with Crippen LogP contribution in [0.2, 0.25) is 0 Å². The Morgan fingerprint density at radius 2 is 1.84 bits per heavy atom. The van der Waals surface area contributed by atoms with E-state index in [2.05, 4.69) is 23.3 Å². The van der Waals surface area contributed by atoms with E-state index in [1.807, 2.05) is 30.3 Å². The van der Waals surface area contributed by atoms with Crippen molar-refractivity contribution >= 4 is 23.2 Å². The molecule has 1 heterocycles. The van der Waals surface area contributed by atoms with Crippen LogP contribution in [0.3, 0.4) is 0 Å². The van der Waals surface area contributed by atoms with Crippen LogP contribution >= 0.6 is 11.6 Å². The van der Waals surface area contributed by atoms with Crippen molar-refractivity contribution in [2.45, 2.75) is 38.1 Å². The van der Waals surface area contributed by atoms with Gasteiger partial charge in [-0.05, 0) is 54.0 Å². The Morgan fingerprint density at radius 3 is 2.60 bits per heavy atom. The Balaban J connectivity index is 1.67. The molecule has 2 aromatic carbocycles. The third kappa shape index (κ3) is 3.21. The van der Waals surface area contributed by atoms with E-state index in [1.165, 1.54) is 30.4 Å². The molecule has 0 saturated heterocycles. The van der Waals surface area contributed by atoms with Crippen molar-refractivity contribution in [2.24, 2.45) is 5.10 Å². The van der Waals surface area contributed by atoms with Crippen LogP contribution in [-0.2, 0) is 17.6 Å². The summed E-state index contributed by atoms with van der Waals surface area (Å²) in [6.45, 7) is 0. The largest absolute Gasteiger partial charge is 0.272 e. The fraction of sp³-hybridized carbons (Fsp3) is 0.333. The summed E-state index contributed by atoms with van der Waals surface area (Å²) in [4.78, 5) is 12.3. The topological polar surface area (TPSA) is 32.7 Å². The monoisotopic (exact) mass is 352 g/mol. The molecule has 1 aliphatic heterocycles. The highest BCUT2D eigenvalue weighted by molar-refractivity contribution is 6.27. The molecule has 0 N–H and O–H groups in total. The highest BCUT2D eigenvalue weighted by atomic mass is 35.5. The maximum atomic E-state index is 12.3. The minimum Gasteiger partial charge on any atom is -0.272 e. The van der Waals surface area contributed by atoms with Crippen LogP contribution in [0.1, 0.15) is 47.6 Å². The molecule has 0 aromatic heterocycles. The lowest BCUT2D eigenvalue weighted by Crippen LogP contribution is -2.27. The van der Waals surface area contributed by atoms with E-state index < -0.39 is 0 Å². The number of carbonyl (C=O) groups excluding carboxylic acids is 1. The Kier molecular flexibility index (Phi) is 4.58. The number of hydrazone groups is 1. The second-order valence-electron chi connectivity index (χ2n) is 6.74. The third-order valence-electron chi connectivity index (χ3n) is 5.15. The zero-order valence-corrected chi connectivity index (χ0v) is 14.9. The molecule has 0 bridgehead atoms. The molecule has 0 saturated carbocycles. The van der Waals surface area contributed by atoms with Crippen molar-refractivity contribution in [3.05, 3.63) is 70.8 Å². The Morgan fingerprint density at radius 1 is 1.08 bits per heavy atom. The number of benzene rings is 2. The summed E-state index contributed by atoms with van der Waals surface area (Å²) in [7, 11) is 0. The zero-order valence-electron chi connectivity index (χ0n) is 14.1. The summed E-state index contributed by atoms with van der Waals surface area (Å²) in [5, 5.41) is 6.22. The summed E-state index contributed by atoms with van der Waals surface area (Å²) in [6, 6.07) is 16.6. The van der Waals surface area contributed by atoms with Gasteiger partial charge in [-0.2, -0.15) is 5.10 Å². The molecule has 1 aliphatic carbocycles. The first-order valence-corrected chi connectivity index (χ1v) is 9.42. The lowest BCUT2D eigenvalue weighted by Gasteiger charge is -2.21. The number of hydrogen-bond acceptors (Lipinski definition) is 2. The fourth-order valence-corrected chi connectivity index (χ4v) is 3.95. The molecule has 0 spiro atoms. The summed E-state index contributed by atoms with van der Waals surface area (Å²) < 4.78 is 0. The first kappa shape index (κ1) is 16.3. The highest BCUT2D eigenvalue weighted by Crippen LogP contribution is 2.33. The van der Waals surface area contributed by atoms with Crippen molar-refractivity contribution in [2.75, 3.05) is 5.88 Å². The van der Waals surface area contributed by atoms with E-state index in [1.54, 1.807) is 5.01 Å². The van der Waals surface area contributed by atoms with Crippen LogP contribution < -0.4 is 0 Å². The first-order chi connectivity index (χ1) is 12.3. The third-order valence-corrected chi connectivity index (χ3v) is 5.37. The van der Waals surface area contributed by atoms with Crippen molar-refractivity contribution in [1.82, 2.24) is 5.01 Å². The number of alkyl halides is 1. The fourth-order valence-electron chi connectivity index (χ4n) is 3.82. The van der Waals surface area contributed by atoms with Gasteiger partial charge in [0.25, 0.3) is 5.91 Å². The summed E-state index contributed by atoms with van der Waals surface area (Å²) in [5.74, 6) is -0.201. The molecule has 0 fully saturated rings. The van der Waals surface area contributed by atoms with Crippen LogP contribution in [-0.4, -0.2) is 22.5 Å². The average molecular weight is 353 g/mol. The van der Waals surface area contributed by atoms with E-state index in [-0.39, 0.29) is 17.8 Å². The van der Waals surface area contributed by atoms with Crippen molar-refractivity contribution in [1.29, 1.82) is 0 Å². The SMILES string of the molecule is O=C(CCl)N1N=C(c2ccc3c(c2)CCCC3)CC1c1ccccc1. The Hall–Kier alpha value is -2.13. The molecule has 1 atom stereocenters. The molecule has 4 heteroatoms. The maximum absolute atomic E-state index is 12.3. The standard InChI is InChI=1S/C21H21ClN2O/c22-14-21(25)24-20(16-7-2-1-3-8-16)13-19(23-24)18-11-10-15-6-4-5-9-17(15)12-18/h1-3,7-8,10-12,20H,4-6,9,13-14H2. The van der Waals surface area contributed by atoms with Gasteiger partial charge in [-0.1, -0.05) is 42.5 Å². The number of rotatable bonds is 3. The maximum Gasteiger partial charge on any atom is 0.258 e. The van der Waals surface area contributed by atoms with Crippen molar-refractivity contribution < 1.29 is 4.79 Å². The highest BCUT2D eigenvalue weighted by Gasteiger charge is 2.32. The molecular formula is C21H21ClN2O. The Bertz CT molecular complexity index is 816. The van der Waals surface area contributed by atoms with Gasteiger partial charge in [-0.25, -0.2) is 5.01 Å². The lowest BCUT2D eigenvalue weighted by atomic mass is 9.89. The molecule has 3 nitrogen and oxygen atoms in total. The molecule has 2 aromatic rings. The van der Waals surface area contributed by atoms with E-state index in [4.69, 9.17) is 11.6 Å². The van der Waals surface area contributed by atoms with Crippen molar-refractivity contribution in [3.8, 4) is 0 Å². The van der Waals surface area contributed by atoms with E-state index in [0.717, 1.165) is 29.7 Å². The lowest BCUT2D eigenvalue weighted by molar-refractivity contribution is -0.130. The van der Waals surface area contributed by atoms with Crippen LogP contribution in [0, 0.1) is 0 Å². The Labute approximate surface area is 153 Å². The van der Waals surface area contributed by atoms with E-state index in [9.17, 15) is 4.79 Å². The normalized spacial score (nSPS) is 19.5. The summed E-state index contributed by atoms with van der Waals surface area (Å²) >= 11 is 5.81. The minimum absolute atomic E-state index is 0.0513. The molecule has 2 aliphatic rings. The van der Waals surface area contributed by atoms with Crippen LogP contribution in [0.5, 0.6) is 0 Å². The van der Waals surface area contributed by atoms with Gasteiger partial charge < -0.3 is 0 Å². The van der Waals surface area contributed by atoms with Gasteiger partial charge in [0.15, 0.2) is 0 Å². The molecule has 4 rings (SSSR count). The number of fused-ring (bicyclic) bond motifs is 1. The molecule has 1 unspecified atom stereocenters. The summed E-state index contributed by atoms with van der Waals surface area (Å²) in [6.07, 6.45) is 5.58. The minimum atomic E-state index is -0.150. The molecule has 25 heavy (non-hydrogen) atoms. The predicted octanol–water partition coefficient (Wildman–Crippen LogP) is 4.48. The van der Waals surface area contributed by atoms with E-state index >= 15 is 0 Å².